The maximum atomic E-state index is 6.91. The first kappa shape index (κ1) is 37.3. The average Bonchev–Trinajstić information content (AvgIpc) is 4.29. The Balaban J connectivity index is 0.733. The van der Waals surface area contributed by atoms with Crippen LogP contribution in [0, 0.1) is 0 Å². The van der Waals surface area contributed by atoms with Crippen molar-refractivity contribution in [3.8, 4) is 33.4 Å². The van der Waals surface area contributed by atoms with Crippen molar-refractivity contribution in [1.29, 1.82) is 0 Å². The second-order valence-corrected chi connectivity index (χ2v) is 19.9. The van der Waals surface area contributed by atoms with Crippen LogP contribution in [0.4, 0.5) is 0 Å². The lowest BCUT2D eigenvalue weighted by Gasteiger charge is -2.05. The molecule has 0 amide bonds. The molecule has 0 saturated heterocycles. The fraction of sp³-hybridized carbons (Fsp3) is 0. The van der Waals surface area contributed by atoms with Gasteiger partial charge in [-0.1, -0.05) is 146 Å². The maximum absolute atomic E-state index is 6.91. The van der Waals surface area contributed by atoms with Crippen molar-refractivity contribution >= 4 is 142 Å². The van der Waals surface area contributed by atoms with Crippen molar-refractivity contribution in [2.45, 2.75) is 0 Å². The van der Waals surface area contributed by atoms with Crippen molar-refractivity contribution in [2.24, 2.45) is 0 Å². The Hall–Kier alpha value is -9.64. The summed E-state index contributed by atoms with van der Waals surface area (Å²) in [7, 11) is 0. The third kappa shape index (κ3) is 4.67. The second kappa shape index (κ2) is 13.2. The number of hydrogen-bond donors (Lipinski definition) is 0. The zero-order valence-electron chi connectivity index (χ0n) is 38.5. The minimum absolute atomic E-state index is 0.871. The molecule has 0 bridgehead atoms. The van der Waals surface area contributed by atoms with Crippen LogP contribution in [0.1, 0.15) is 0 Å². The highest BCUT2D eigenvalue weighted by atomic mass is 16.3. The third-order valence-corrected chi connectivity index (χ3v) is 16.4. The lowest BCUT2D eigenvalue weighted by molar-refractivity contribution is 0.669. The Bertz CT molecular complexity index is 5410. The molecule has 0 fully saturated rings. The highest BCUT2D eigenvalue weighted by molar-refractivity contribution is 6.30. The molecule has 6 heterocycles. The number of benzene rings is 12. The molecule has 0 aliphatic heterocycles. The van der Waals surface area contributed by atoms with Gasteiger partial charge in [0.25, 0.3) is 0 Å². The number of rotatable bonds is 3. The van der Waals surface area contributed by atoms with Gasteiger partial charge in [0, 0.05) is 70.2 Å². The number of aromatic nitrogens is 2. The van der Waals surface area contributed by atoms with Gasteiger partial charge in [-0.05, 0) is 122 Å². The smallest absolute Gasteiger partial charge is 0.143 e. The summed E-state index contributed by atoms with van der Waals surface area (Å²) in [5, 5.41) is 19.9. The monoisotopic (exact) mass is 912 g/mol. The molecule has 4 nitrogen and oxygen atoms in total. The zero-order valence-corrected chi connectivity index (χ0v) is 38.5. The summed E-state index contributed by atoms with van der Waals surface area (Å²) < 4.78 is 18.3. The summed E-state index contributed by atoms with van der Waals surface area (Å²) in [4.78, 5) is 0. The average molecular weight is 913 g/mol. The summed E-state index contributed by atoms with van der Waals surface area (Å²) >= 11 is 0. The Kier molecular flexibility index (Phi) is 6.81. The zero-order chi connectivity index (χ0) is 46.5. The molecule has 0 radical (unpaired) electrons. The highest BCUT2D eigenvalue weighted by Crippen LogP contribution is 2.46. The van der Waals surface area contributed by atoms with Gasteiger partial charge in [0.05, 0.1) is 33.1 Å². The van der Waals surface area contributed by atoms with Crippen LogP contribution in [0.25, 0.3) is 175 Å². The molecule has 0 aliphatic rings. The van der Waals surface area contributed by atoms with Gasteiger partial charge >= 0.3 is 0 Å². The van der Waals surface area contributed by atoms with Gasteiger partial charge in [0.1, 0.15) is 22.3 Å². The Morgan fingerprint density at radius 2 is 0.708 bits per heavy atom. The third-order valence-electron chi connectivity index (χ3n) is 16.4. The van der Waals surface area contributed by atoms with Crippen molar-refractivity contribution in [3.05, 3.63) is 218 Å². The van der Waals surface area contributed by atoms with Crippen LogP contribution in [-0.2, 0) is 0 Å². The topological polar surface area (TPSA) is 35.1 Å². The first-order chi connectivity index (χ1) is 35.7. The molecule has 0 saturated carbocycles. The summed E-state index contributed by atoms with van der Waals surface area (Å²) in [6.45, 7) is 0. The van der Waals surface area contributed by atoms with Crippen LogP contribution in [0.5, 0.6) is 0 Å². The minimum atomic E-state index is 0.871. The summed E-state index contributed by atoms with van der Waals surface area (Å²) in [5.74, 6) is 0. The number of nitrogens with zero attached hydrogens (tertiary/aromatic N) is 2. The lowest BCUT2D eigenvalue weighted by Crippen LogP contribution is -1.83. The van der Waals surface area contributed by atoms with E-state index in [4.69, 9.17) is 8.83 Å². The normalized spacial score (nSPS) is 12.7. The first-order valence-electron chi connectivity index (χ1n) is 24.8. The van der Waals surface area contributed by atoms with E-state index in [0.717, 1.165) is 71.7 Å². The molecular formula is C68H36N2O2. The predicted octanol–water partition coefficient (Wildman–Crippen LogP) is 19.1. The molecule has 18 aromatic rings. The van der Waals surface area contributed by atoms with Crippen molar-refractivity contribution in [1.82, 2.24) is 8.80 Å². The van der Waals surface area contributed by atoms with E-state index in [-0.39, 0.29) is 0 Å². The highest BCUT2D eigenvalue weighted by Gasteiger charge is 2.22. The molecule has 12 aromatic carbocycles. The van der Waals surface area contributed by atoms with Gasteiger partial charge in [0.15, 0.2) is 0 Å². The van der Waals surface area contributed by atoms with E-state index in [1.54, 1.807) is 0 Å². The number of para-hydroxylation sites is 3. The SMILES string of the molecule is c1ccc2c(c1)ccc1c2c2cccc3c4cc(-c5ccc6oc7ccc(-c8ccc9c(c8)oc8c(-c%10ccc%11c(c%10)c%10cccc%12c%13c%14ccccc%14ccc%13n%11c%10%12)cccc89)cc7c6c5)ccc4n1c32. The van der Waals surface area contributed by atoms with Gasteiger partial charge < -0.3 is 17.6 Å². The van der Waals surface area contributed by atoms with E-state index >= 15 is 0 Å². The van der Waals surface area contributed by atoms with Gasteiger partial charge in [-0.15, -0.1) is 0 Å². The Morgan fingerprint density at radius 3 is 1.33 bits per heavy atom. The molecule has 6 aromatic heterocycles. The van der Waals surface area contributed by atoms with Gasteiger partial charge in [-0.2, -0.15) is 0 Å². The summed E-state index contributed by atoms with van der Waals surface area (Å²) in [6, 6.07) is 80.3. The van der Waals surface area contributed by atoms with Crippen LogP contribution >= 0.6 is 0 Å². The largest absolute Gasteiger partial charge is 0.456 e. The first-order valence-corrected chi connectivity index (χ1v) is 24.8. The van der Waals surface area contributed by atoms with Crippen LogP contribution in [0.15, 0.2) is 227 Å². The minimum Gasteiger partial charge on any atom is -0.456 e. The number of furan rings is 2. The Labute approximate surface area is 409 Å². The molecule has 72 heavy (non-hydrogen) atoms. The van der Waals surface area contributed by atoms with Crippen LogP contribution < -0.4 is 0 Å². The van der Waals surface area contributed by atoms with E-state index < -0.39 is 0 Å². The summed E-state index contributed by atoms with van der Waals surface area (Å²) in [6.07, 6.45) is 0. The molecule has 0 N–H and O–H groups in total. The van der Waals surface area contributed by atoms with Crippen LogP contribution in [0.2, 0.25) is 0 Å². The number of hydrogen-bond acceptors (Lipinski definition) is 2. The second-order valence-electron chi connectivity index (χ2n) is 19.9. The van der Waals surface area contributed by atoms with E-state index in [9.17, 15) is 0 Å². The maximum Gasteiger partial charge on any atom is 0.143 e. The molecule has 4 heteroatoms. The molecule has 0 spiro atoms. The van der Waals surface area contributed by atoms with E-state index in [1.165, 1.54) is 103 Å². The van der Waals surface area contributed by atoms with Crippen molar-refractivity contribution in [3.63, 3.8) is 0 Å². The quantitative estimate of drug-likeness (QED) is 0.177. The van der Waals surface area contributed by atoms with Gasteiger partial charge in [-0.3, -0.25) is 0 Å². The fourth-order valence-electron chi connectivity index (χ4n) is 13.2. The van der Waals surface area contributed by atoms with Crippen molar-refractivity contribution in [2.75, 3.05) is 0 Å². The van der Waals surface area contributed by atoms with Crippen LogP contribution in [0.3, 0.4) is 0 Å². The lowest BCUT2D eigenvalue weighted by atomic mass is 9.98. The molecule has 0 atom stereocenters. The molecule has 330 valence electrons. The van der Waals surface area contributed by atoms with E-state index in [0.29, 0.717) is 0 Å². The molecule has 0 unspecified atom stereocenters. The van der Waals surface area contributed by atoms with E-state index in [2.05, 4.69) is 227 Å². The molecular weight excluding hydrogens is 877 g/mol. The van der Waals surface area contributed by atoms with Gasteiger partial charge in [-0.25, -0.2) is 0 Å². The predicted molar refractivity (Wildman–Crippen MR) is 302 cm³/mol. The molecule has 18 rings (SSSR count). The van der Waals surface area contributed by atoms with Crippen molar-refractivity contribution < 1.29 is 8.83 Å². The number of fused-ring (bicyclic) bond motifs is 22. The fourth-order valence-corrected chi connectivity index (χ4v) is 13.2. The Morgan fingerprint density at radius 1 is 0.250 bits per heavy atom. The van der Waals surface area contributed by atoms with Gasteiger partial charge in [0.2, 0.25) is 0 Å². The van der Waals surface area contributed by atoms with Crippen LogP contribution in [-0.4, -0.2) is 8.80 Å². The standard InChI is InChI=1S/C68H36N2O2/c1-3-10-44-37(8-1)19-28-59-64(44)51-16-6-13-48-53-32-39(21-26-57(53)69(59)66(48)51)40-23-30-61-55(33-40)56-34-41(24-31-62(56)71-61)42-18-25-47-50-15-5-12-46(68(50)72-63(47)36-42)43-22-27-58-54(35-43)49-14-7-17-52-65-45-11-4-2-9-38(45)20-29-60(65)70(58)67(49)52/h1-36H. The van der Waals surface area contributed by atoms with E-state index in [1.807, 2.05) is 0 Å². The molecule has 0 aliphatic carbocycles. The summed E-state index contributed by atoms with van der Waals surface area (Å²) in [5.41, 5.74) is 17.8.